The van der Waals surface area contributed by atoms with Crippen molar-refractivity contribution in [1.29, 1.82) is 0 Å². The average molecular weight is 239 g/mol. The molecular formula is C15H29NO. The third kappa shape index (κ3) is 15.4. The lowest BCUT2D eigenvalue weighted by Gasteiger charge is -2.04. The van der Waals surface area contributed by atoms with Crippen LogP contribution in [-0.4, -0.2) is 12.6 Å². The van der Waals surface area contributed by atoms with Crippen LogP contribution >= 0.6 is 0 Å². The molecule has 0 aromatic rings. The van der Waals surface area contributed by atoms with E-state index < -0.39 is 0 Å². The summed E-state index contributed by atoms with van der Waals surface area (Å²) in [6.07, 6.45) is 14.8. The largest absolute Gasteiger partial charge is 0.234 e. The summed E-state index contributed by atoms with van der Waals surface area (Å²) in [6, 6.07) is 0. The smallest absolute Gasteiger partial charge is 0.211 e. The van der Waals surface area contributed by atoms with Gasteiger partial charge in [0.25, 0.3) is 0 Å². The van der Waals surface area contributed by atoms with Gasteiger partial charge in [-0.05, 0) is 12.3 Å². The normalized spacial score (nSPS) is 10.5. The topological polar surface area (TPSA) is 29.4 Å². The van der Waals surface area contributed by atoms with Crippen LogP contribution in [0.15, 0.2) is 4.99 Å². The summed E-state index contributed by atoms with van der Waals surface area (Å²) >= 11 is 0. The predicted octanol–water partition coefficient (Wildman–Crippen LogP) is 4.88. The fraction of sp³-hybridized carbons (Fsp3) is 0.933. The lowest BCUT2D eigenvalue weighted by atomic mass is 10.0. The van der Waals surface area contributed by atoms with Crippen LogP contribution in [0.4, 0.5) is 0 Å². The van der Waals surface area contributed by atoms with Crippen LogP contribution in [-0.2, 0) is 4.79 Å². The van der Waals surface area contributed by atoms with Crippen molar-refractivity contribution in [2.75, 3.05) is 6.54 Å². The zero-order valence-corrected chi connectivity index (χ0v) is 11.7. The van der Waals surface area contributed by atoms with E-state index in [-0.39, 0.29) is 0 Å². The third-order valence-electron chi connectivity index (χ3n) is 3.12. The first-order valence-electron chi connectivity index (χ1n) is 7.31. The molecule has 2 heteroatoms. The Morgan fingerprint density at radius 1 is 0.824 bits per heavy atom. The first-order chi connectivity index (χ1) is 8.27. The van der Waals surface area contributed by atoms with Crippen molar-refractivity contribution in [2.45, 2.75) is 78.1 Å². The molecule has 2 nitrogen and oxygen atoms in total. The van der Waals surface area contributed by atoms with Gasteiger partial charge in [0.05, 0.1) is 6.54 Å². The summed E-state index contributed by atoms with van der Waals surface area (Å²) in [5.41, 5.74) is 0. The standard InChI is InChI=1S/C15H29NO/c1-15(2)12-10-8-6-4-3-5-7-9-11-13-16-14-17/h15H,3-13H2,1-2H3. The van der Waals surface area contributed by atoms with Gasteiger partial charge in [-0.2, -0.15) is 0 Å². The van der Waals surface area contributed by atoms with Crippen LogP contribution < -0.4 is 0 Å². The molecule has 0 saturated carbocycles. The zero-order chi connectivity index (χ0) is 12.8. The minimum absolute atomic E-state index is 0.665. The highest BCUT2D eigenvalue weighted by atomic mass is 16.1. The van der Waals surface area contributed by atoms with Crippen LogP contribution in [0.2, 0.25) is 0 Å². The minimum Gasteiger partial charge on any atom is -0.211 e. The van der Waals surface area contributed by atoms with Gasteiger partial charge in [-0.15, -0.1) is 0 Å². The van der Waals surface area contributed by atoms with Gasteiger partial charge in [-0.3, -0.25) is 0 Å². The Hall–Kier alpha value is -0.620. The van der Waals surface area contributed by atoms with Crippen LogP contribution in [0.1, 0.15) is 78.1 Å². The van der Waals surface area contributed by atoms with Crippen molar-refractivity contribution in [3.05, 3.63) is 0 Å². The van der Waals surface area contributed by atoms with Crippen molar-refractivity contribution < 1.29 is 4.79 Å². The highest BCUT2D eigenvalue weighted by Crippen LogP contribution is 2.12. The molecule has 17 heavy (non-hydrogen) atoms. The van der Waals surface area contributed by atoms with E-state index in [1.54, 1.807) is 6.08 Å². The fourth-order valence-electron chi connectivity index (χ4n) is 2.03. The van der Waals surface area contributed by atoms with Crippen molar-refractivity contribution in [3.8, 4) is 0 Å². The van der Waals surface area contributed by atoms with E-state index in [2.05, 4.69) is 18.8 Å². The second kappa shape index (κ2) is 13.4. The molecule has 0 radical (unpaired) electrons. The first kappa shape index (κ1) is 16.4. The third-order valence-corrected chi connectivity index (χ3v) is 3.12. The Morgan fingerprint density at radius 3 is 1.76 bits per heavy atom. The summed E-state index contributed by atoms with van der Waals surface area (Å²) in [5, 5.41) is 0. The van der Waals surface area contributed by atoms with E-state index in [9.17, 15) is 4.79 Å². The van der Waals surface area contributed by atoms with Gasteiger partial charge in [-0.25, -0.2) is 9.79 Å². The first-order valence-corrected chi connectivity index (χ1v) is 7.31. The van der Waals surface area contributed by atoms with E-state index in [0.717, 1.165) is 12.3 Å². The fourth-order valence-corrected chi connectivity index (χ4v) is 2.03. The second-order valence-corrected chi connectivity index (χ2v) is 5.34. The molecule has 0 rings (SSSR count). The van der Waals surface area contributed by atoms with E-state index in [1.807, 2.05) is 0 Å². The molecule has 0 amide bonds. The Morgan fingerprint density at radius 2 is 1.29 bits per heavy atom. The lowest BCUT2D eigenvalue weighted by molar-refractivity contribution is 0.506. The number of unbranched alkanes of at least 4 members (excludes halogenated alkanes) is 8. The van der Waals surface area contributed by atoms with Crippen molar-refractivity contribution >= 4 is 6.08 Å². The Bertz CT molecular complexity index is 195. The highest BCUT2D eigenvalue weighted by molar-refractivity contribution is 5.32. The summed E-state index contributed by atoms with van der Waals surface area (Å²) in [4.78, 5) is 13.4. The van der Waals surface area contributed by atoms with Crippen LogP contribution in [0.5, 0.6) is 0 Å². The lowest BCUT2D eigenvalue weighted by Crippen LogP contribution is -1.87. The Kier molecular flexibility index (Phi) is 13.0. The quantitative estimate of drug-likeness (QED) is 0.271. The summed E-state index contributed by atoms with van der Waals surface area (Å²) < 4.78 is 0. The van der Waals surface area contributed by atoms with Crippen molar-refractivity contribution in [2.24, 2.45) is 10.9 Å². The maximum atomic E-state index is 9.82. The van der Waals surface area contributed by atoms with Gasteiger partial charge in [0.1, 0.15) is 0 Å². The van der Waals surface area contributed by atoms with Crippen LogP contribution in [0.3, 0.4) is 0 Å². The number of isocyanates is 1. The molecule has 0 saturated heterocycles. The van der Waals surface area contributed by atoms with Crippen molar-refractivity contribution in [1.82, 2.24) is 0 Å². The maximum absolute atomic E-state index is 9.82. The molecule has 0 heterocycles. The molecule has 0 unspecified atom stereocenters. The average Bonchev–Trinajstić information content (AvgIpc) is 2.30. The van der Waals surface area contributed by atoms with Crippen LogP contribution in [0.25, 0.3) is 0 Å². The van der Waals surface area contributed by atoms with E-state index in [4.69, 9.17) is 0 Å². The molecule has 100 valence electrons. The molecule has 0 spiro atoms. The van der Waals surface area contributed by atoms with Gasteiger partial charge >= 0.3 is 0 Å². The minimum atomic E-state index is 0.665. The summed E-state index contributed by atoms with van der Waals surface area (Å²) in [6.45, 7) is 5.27. The molecular weight excluding hydrogens is 210 g/mol. The van der Waals surface area contributed by atoms with Crippen LogP contribution in [0, 0.1) is 5.92 Å². The van der Waals surface area contributed by atoms with E-state index >= 15 is 0 Å². The van der Waals surface area contributed by atoms with Gasteiger partial charge in [0, 0.05) is 0 Å². The number of carbonyl (C=O) groups excluding carboxylic acids is 1. The number of aliphatic imine (C=N–C) groups is 1. The maximum Gasteiger partial charge on any atom is 0.234 e. The van der Waals surface area contributed by atoms with Gasteiger partial charge in [0.2, 0.25) is 6.08 Å². The predicted molar refractivity (Wildman–Crippen MR) is 74.0 cm³/mol. The molecule has 0 aromatic heterocycles. The second-order valence-electron chi connectivity index (χ2n) is 5.34. The molecule has 0 aliphatic rings. The summed E-state index contributed by atoms with van der Waals surface area (Å²) in [5.74, 6) is 0.865. The zero-order valence-electron chi connectivity index (χ0n) is 11.7. The summed E-state index contributed by atoms with van der Waals surface area (Å²) in [7, 11) is 0. The molecule has 0 fully saturated rings. The number of rotatable bonds is 12. The molecule has 0 atom stereocenters. The van der Waals surface area contributed by atoms with Gasteiger partial charge in [-0.1, -0.05) is 71.6 Å². The Labute approximate surface area is 107 Å². The molecule has 0 N–H and O–H groups in total. The van der Waals surface area contributed by atoms with Crippen molar-refractivity contribution in [3.63, 3.8) is 0 Å². The monoisotopic (exact) mass is 239 g/mol. The Balaban J connectivity index is 2.96. The van der Waals surface area contributed by atoms with Gasteiger partial charge in [0.15, 0.2) is 0 Å². The molecule has 0 bridgehead atoms. The van der Waals surface area contributed by atoms with E-state index in [0.29, 0.717) is 6.54 Å². The highest BCUT2D eigenvalue weighted by Gasteiger charge is 1.95. The molecule has 0 aliphatic carbocycles. The molecule has 0 aromatic carbocycles. The van der Waals surface area contributed by atoms with E-state index in [1.165, 1.54) is 57.8 Å². The number of nitrogens with zero attached hydrogens (tertiary/aromatic N) is 1. The molecule has 0 aliphatic heterocycles. The van der Waals surface area contributed by atoms with Gasteiger partial charge < -0.3 is 0 Å². The number of hydrogen-bond donors (Lipinski definition) is 0. The SMILES string of the molecule is CC(C)CCCCCCCCCCCN=C=O. The number of hydrogen-bond acceptors (Lipinski definition) is 2.